The van der Waals surface area contributed by atoms with Crippen LogP contribution >= 0.6 is 12.4 Å². The zero-order chi connectivity index (χ0) is 11.4. The summed E-state index contributed by atoms with van der Waals surface area (Å²) in [6, 6.07) is -0.00713. The molecular formula is C12H23ClN2O2. The third-order valence-corrected chi connectivity index (χ3v) is 3.78. The highest BCUT2D eigenvalue weighted by atomic mass is 35.5. The van der Waals surface area contributed by atoms with Gasteiger partial charge in [-0.3, -0.25) is 4.79 Å². The first-order valence-electron chi connectivity index (χ1n) is 6.46. The van der Waals surface area contributed by atoms with Crippen molar-refractivity contribution in [3.05, 3.63) is 0 Å². The summed E-state index contributed by atoms with van der Waals surface area (Å²) in [7, 11) is 0. The zero-order valence-corrected chi connectivity index (χ0v) is 11.0. The van der Waals surface area contributed by atoms with Crippen LogP contribution in [0.1, 0.15) is 38.5 Å². The second-order valence-corrected chi connectivity index (χ2v) is 5.01. The van der Waals surface area contributed by atoms with Crippen molar-refractivity contribution in [2.45, 2.75) is 50.7 Å². The van der Waals surface area contributed by atoms with Crippen LogP contribution in [-0.2, 0) is 4.79 Å². The zero-order valence-electron chi connectivity index (χ0n) is 10.2. The summed E-state index contributed by atoms with van der Waals surface area (Å²) in [5.41, 5.74) is 0. The van der Waals surface area contributed by atoms with Gasteiger partial charge in [-0.1, -0.05) is 12.8 Å². The van der Waals surface area contributed by atoms with Gasteiger partial charge in [-0.15, -0.1) is 12.4 Å². The molecule has 0 spiro atoms. The van der Waals surface area contributed by atoms with Gasteiger partial charge < -0.3 is 15.7 Å². The van der Waals surface area contributed by atoms with Crippen LogP contribution in [0, 0.1) is 5.92 Å². The normalized spacial score (nSPS) is 32.9. The summed E-state index contributed by atoms with van der Waals surface area (Å²) < 4.78 is 0. The highest BCUT2D eigenvalue weighted by molar-refractivity contribution is 5.85. The average Bonchev–Trinajstić information content (AvgIpc) is 2.73. The molecule has 0 aromatic heterocycles. The number of hydrogen-bond donors (Lipinski definition) is 3. The first-order chi connectivity index (χ1) is 7.77. The standard InChI is InChI=1S/C12H22N2O2.ClH/c15-11-6-3-4-9(11)8-14-12(16)10-5-1-2-7-13-10;/h9-11,13,15H,1-8H2,(H,14,16);1H/t9?,10-,11?;/m0./s1. The van der Waals surface area contributed by atoms with Crippen molar-refractivity contribution in [3.8, 4) is 0 Å². The Morgan fingerprint density at radius 3 is 2.65 bits per heavy atom. The fraction of sp³-hybridized carbons (Fsp3) is 0.917. The van der Waals surface area contributed by atoms with E-state index >= 15 is 0 Å². The van der Waals surface area contributed by atoms with E-state index in [2.05, 4.69) is 10.6 Å². The molecule has 1 aliphatic heterocycles. The number of aliphatic hydroxyl groups is 1. The Morgan fingerprint density at radius 2 is 2.06 bits per heavy atom. The topological polar surface area (TPSA) is 61.4 Å². The first kappa shape index (κ1) is 14.7. The van der Waals surface area contributed by atoms with Gasteiger partial charge in [0.1, 0.15) is 0 Å². The summed E-state index contributed by atoms with van der Waals surface area (Å²) in [6.45, 7) is 1.59. The van der Waals surface area contributed by atoms with Crippen molar-refractivity contribution in [1.82, 2.24) is 10.6 Å². The number of nitrogens with one attached hydrogen (secondary N) is 2. The van der Waals surface area contributed by atoms with E-state index in [1.165, 1.54) is 6.42 Å². The highest BCUT2D eigenvalue weighted by Crippen LogP contribution is 2.24. The maximum absolute atomic E-state index is 11.8. The lowest BCUT2D eigenvalue weighted by Gasteiger charge is -2.23. The minimum Gasteiger partial charge on any atom is -0.393 e. The van der Waals surface area contributed by atoms with Crippen LogP contribution < -0.4 is 10.6 Å². The van der Waals surface area contributed by atoms with E-state index in [9.17, 15) is 9.90 Å². The Bertz CT molecular complexity index is 245. The van der Waals surface area contributed by atoms with Crippen LogP contribution in [-0.4, -0.2) is 36.2 Å². The molecule has 0 aromatic carbocycles. The molecule has 4 nitrogen and oxygen atoms in total. The summed E-state index contributed by atoms with van der Waals surface area (Å²) in [4.78, 5) is 11.8. The lowest BCUT2D eigenvalue weighted by molar-refractivity contribution is -0.123. The number of piperidine rings is 1. The maximum Gasteiger partial charge on any atom is 0.237 e. The SMILES string of the molecule is Cl.O=C(NCC1CCCC1O)[C@@H]1CCCCN1. The van der Waals surface area contributed by atoms with Crippen molar-refractivity contribution < 1.29 is 9.90 Å². The minimum absolute atomic E-state index is 0. The van der Waals surface area contributed by atoms with Crippen LogP contribution in [0.5, 0.6) is 0 Å². The summed E-state index contributed by atoms with van der Waals surface area (Å²) in [5.74, 6) is 0.381. The van der Waals surface area contributed by atoms with Gasteiger partial charge in [-0.25, -0.2) is 0 Å². The minimum atomic E-state index is -0.209. The van der Waals surface area contributed by atoms with Crippen molar-refractivity contribution in [3.63, 3.8) is 0 Å². The van der Waals surface area contributed by atoms with Gasteiger partial charge in [0.05, 0.1) is 12.1 Å². The van der Waals surface area contributed by atoms with Gasteiger partial charge in [0, 0.05) is 12.5 Å². The number of carbonyl (C=O) groups is 1. The third kappa shape index (κ3) is 4.12. The lowest BCUT2D eigenvalue weighted by atomic mass is 10.0. The van der Waals surface area contributed by atoms with Gasteiger partial charge in [0.2, 0.25) is 5.91 Å². The lowest BCUT2D eigenvalue weighted by Crippen LogP contribution is -2.48. The maximum atomic E-state index is 11.8. The van der Waals surface area contributed by atoms with Crippen LogP contribution in [0.4, 0.5) is 0 Å². The molecule has 1 amide bonds. The van der Waals surface area contributed by atoms with E-state index in [1.54, 1.807) is 0 Å². The molecule has 17 heavy (non-hydrogen) atoms. The molecule has 1 saturated heterocycles. The molecular weight excluding hydrogens is 240 g/mol. The molecule has 2 aliphatic rings. The van der Waals surface area contributed by atoms with Gasteiger partial charge in [-0.05, 0) is 32.2 Å². The summed E-state index contributed by atoms with van der Waals surface area (Å²) in [5, 5.41) is 15.8. The second-order valence-electron chi connectivity index (χ2n) is 5.01. The predicted octanol–water partition coefficient (Wildman–Crippen LogP) is 0.827. The first-order valence-corrected chi connectivity index (χ1v) is 6.46. The van der Waals surface area contributed by atoms with E-state index < -0.39 is 0 Å². The van der Waals surface area contributed by atoms with Crippen LogP contribution in [0.2, 0.25) is 0 Å². The molecule has 0 bridgehead atoms. The van der Waals surface area contributed by atoms with Crippen LogP contribution in [0.15, 0.2) is 0 Å². The Hall–Kier alpha value is -0.320. The molecule has 1 saturated carbocycles. The number of aliphatic hydroxyl groups excluding tert-OH is 1. The van der Waals surface area contributed by atoms with Crippen molar-refractivity contribution >= 4 is 18.3 Å². The fourth-order valence-electron chi connectivity index (χ4n) is 2.69. The Morgan fingerprint density at radius 1 is 1.24 bits per heavy atom. The molecule has 3 atom stereocenters. The number of hydrogen-bond acceptors (Lipinski definition) is 3. The smallest absolute Gasteiger partial charge is 0.237 e. The summed E-state index contributed by atoms with van der Waals surface area (Å²) >= 11 is 0. The van der Waals surface area contributed by atoms with E-state index in [1.807, 2.05) is 0 Å². The molecule has 5 heteroatoms. The molecule has 2 unspecified atom stereocenters. The van der Waals surface area contributed by atoms with Gasteiger partial charge in [-0.2, -0.15) is 0 Å². The largest absolute Gasteiger partial charge is 0.393 e. The molecule has 0 radical (unpaired) electrons. The molecule has 1 aliphatic carbocycles. The van der Waals surface area contributed by atoms with E-state index in [4.69, 9.17) is 0 Å². The van der Waals surface area contributed by atoms with Crippen molar-refractivity contribution in [2.75, 3.05) is 13.1 Å². The van der Waals surface area contributed by atoms with Gasteiger partial charge in [0.15, 0.2) is 0 Å². The van der Waals surface area contributed by atoms with Crippen molar-refractivity contribution in [2.24, 2.45) is 5.92 Å². The predicted molar refractivity (Wildman–Crippen MR) is 69.2 cm³/mol. The Balaban J connectivity index is 0.00000144. The van der Waals surface area contributed by atoms with E-state index in [0.717, 1.165) is 38.6 Å². The molecule has 100 valence electrons. The summed E-state index contributed by atoms with van der Waals surface area (Å²) in [6.07, 6.45) is 6.06. The van der Waals surface area contributed by atoms with Crippen LogP contribution in [0.25, 0.3) is 0 Å². The van der Waals surface area contributed by atoms with E-state index in [-0.39, 0.29) is 36.4 Å². The molecule has 1 heterocycles. The second kappa shape index (κ2) is 7.19. The average molecular weight is 263 g/mol. The Labute approximate surface area is 109 Å². The van der Waals surface area contributed by atoms with E-state index in [0.29, 0.717) is 6.54 Å². The molecule has 2 fully saturated rings. The van der Waals surface area contributed by atoms with Crippen LogP contribution in [0.3, 0.4) is 0 Å². The Kier molecular flexibility index (Phi) is 6.23. The number of rotatable bonds is 3. The molecule has 0 aromatic rings. The third-order valence-electron chi connectivity index (χ3n) is 3.78. The van der Waals surface area contributed by atoms with Crippen molar-refractivity contribution in [1.29, 1.82) is 0 Å². The molecule has 3 N–H and O–H groups in total. The fourth-order valence-corrected chi connectivity index (χ4v) is 2.69. The highest BCUT2D eigenvalue weighted by Gasteiger charge is 2.27. The van der Waals surface area contributed by atoms with Gasteiger partial charge in [0.25, 0.3) is 0 Å². The number of carbonyl (C=O) groups excluding carboxylic acids is 1. The van der Waals surface area contributed by atoms with Gasteiger partial charge >= 0.3 is 0 Å². The quantitative estimate of drug-likeness (QED) is 0.706. The number of halogens is 1. The number of amides is 1. The monoisotopic (exact) mass is 262 g/mol. The molecule has 2 rings (SSSR count).